The van der Waals surface area contributed by atoms with Crippen LogP contribution in [-0.2, 0) is 16.0 Å². The SMILES string of the molecule is C=CC(=O)OCCCC(O)C(O)CC(O)C(O)COc1ccc2cc(-c3oc(CCCCC)cc3OC(F)(F)F)sc2c1. The van der Waals surface area contributed by atoms with Crippen LogP contribution in [0.15, 0.2) is 47.4 Å². The highest BCUT2D eigenvalue weighted by molar-refractivity contribution is 7.22. The zero-order valence-electron chi connectivity index (χ0n) is 23.7. The molecule has 0 amide bonds. The van der Waals surface area contributed by atoms with Crippen LogP contribution >= 0.6 is 11.3 Å². The minimum atomic E-state index is -4.88. The van der Waals surface area contributed by atoms with Gasteiger partial charge in [-0.2, -0.15) is 0 Å². The fourth-order valence-corrected chi connectivity index (χ4v) is 5.33. The molecule has 0 saturated heterocycles. The molecule has 0 bridgehead atoms. The summed E-state index contributed by atoms with van der Waals surface area (Å²) in [6.45, 7) is 5.01. The number of benzene rings is 1. The maximum atomic E-state index is 13.1. The van der Waals surface area contributed by atoms with Gasteiger partial charge in [0.05, 0.1) is 29.8 Å². The fourth-order valence-electron chi connectivity index (χ4n) is 4.25. The smallest absolute Gasteiger partial charge is 0.491 e. The summed E-state index contributed by atoms with van der Waals surface area (Å²) >= 11 is 1.18. The number of halogens is 3. The number of alkyl halides is 3. The van der Waals surface area contributed by atoms with E-state index in [9.17, 15) is 38.4 Å². The number of unbranched alkanes of at least 4 members (excludes halogenated alkanes) is 2. The van der Waals surface area contributed by atoms with Gasteiger partial charge in [0.25, 0.3) is 0 Å². The van der Waals surface area contributed by atoms with E-state index >= 15 is 0 Å². The number of thiophene rings is 1. The van der Waals surface area contributed by atoms with Gasteiger partial charge in [0.1, 0.15) is 24.2 Å². The largest absolute Gasteiger partial charge is 0.573 e. The molecular formula is C30H37F3O9S. The molecule has 2 aromatic heterocycles. The summed E-state index contributed by atoms with van der Waals surface area (Å²) in [5.41, 5.74) is 0. The molecule has 0 saturated carbocycles. The van der Waals surface area contributed by atoms with Crippen LogP contribution in [-0.4, -0.2) is 70.4 Å². The number of furan rings is 1. The van der Waals surface area contributed by atoms with Gasteiger partial charge in [-0.15, -0.1) is 24.5 Å². The Morgan fingerprint density at radius 2 is 1.79 bits per heavy atom. The first-order valence-corrected chi connectivity index (χ1v) is 14.8. The average Bonchev–Trinajstić information content (AvgIpc) is 3.55. The van der Waals surface area contributed by atoms with Gasteiger partial charge in [0.15, 0.2) is 11.5 Å². The highest BCUT2D eigenvalue weighted by atomic mass is 32.1. The molecule has 0 spiro atoms. The van der Waals surface area contributed by atoms with Gasteiger partial charge in [-0.3, -0.25) is 0 Å². The maximum Gasteiger partial charge on any atom is 0.573 e. The lowest BCUT2D eigenvalue weighted by Gasteiger charge is -2.23. The first-order valence-electron chi connectivity index (χ1n) is 14.0. The Bertz CT molecular complexity index is 1320. The van der Waals surface area contributed by atoms with Gasteiger partial charge >= 0.3 is 12.3 Å². The predicted molar refractivity (Wildman–Crippen MR) is 154 cm³/mol. The number of ether oxygens (including phenoxy) is 3. The van der Waals surface area contributed by atoms with E-state index in [0.29, 0.717) is 27.5 Å². The van der Waals surface area contributed by atoms with Crippen LogP contribution in [0.5, 0.6) is 11.5 Å². The fraction of sp³-hybridized carbons (Fsp3) is 0.500. The van der Waals surface area contributed by atoms with E-state index in [1.807, 2.05) is 6.92 Å². The Labute approximate surface area is 251 Å². The summed E-state index contributed by atoms with van der Waals surface area (Å²) in [7, 11) is 0. The van der Waals surface area contributed by atoms with E-state index in [2.05, 4.69) is 11.3 Å². The topological polar surface area (TPSA) is 139 Å². The number of carbonyl (C=O) groups excluding carboxylic acids is 1. The van der Waals surface area contributed by atoms with E-state index in [-0.39, 0.29) is 38.2 Å². The van der Waals surface area contributed by atoms with Crippen molar-refractivity contribution in [1.29, 1.82) is 0 Å². The van der Waals surface area contributed by atoms with Gasteiger partial charge in [-0.25, -0.2) is 4.79 Å². The number of aryl methyl sites for hydroxylation is 1. The molecule has 1 aromatic carbocycles. The van der Waals surface area contributed by atoms with Gasteiger partial charge in [0.2, 0.25) is 0 Å². The second-order valence-corrected chi connectivity index (χ2v) is 11.1. The number of rotatable bonds is 18. The summed E-state index contributed by atoms with van der Waals surface area (Å²) in [6, 6.07) is 7.93. The van der Waals surface area contributed by atoms with Gasteiger partial charge in [-0.1, -0.05) is 26.3 Å². The molecular weight excluding hydrogens is 593 g/mol. The molecule has 0 aliphatic carbocycles. The Morgan fingerprint density at radius 3 is 2.49 bits per heavy atom. The number of carbonyl (C=O) groups is 1. The lowest BCUT2D eigenvalue weighted by atomic mass is 10.0. The van der Waals surface area contributed by atoms with E-state index in [1.165, 1.54) is 17.4 Å². The third-order valence-corrected chi connectivity index (χ3v) is 7.66. The lowest BCUT2D eigenvalue weighted by Crippen LogP contribution is -2.38. The van der Waals surface area contributed by atoms with Crippen LogP contribution in [0.3, 0.4) is 0 Å². The van der Waals surface area contributed by atoms with E-state index in [1.54, 1.807) is 24.3 Å². The third kappa shape index (κ3) is 10.8. The van der Waals surface area contributed by atoms with Crippen LogP contribution in [0.1, 0.15) is 51.2 Å². The van der Waals surface area contributed by atoms with Crippen LogP contribution in [0.4, 0.5) is 13.2 Å². The number of hydrogen-bond acceptors (Lipinski definition) is 10. The highest BCUT2D eigenvalue weighted by Crippen LogP contribution is 2.43. The van der Waals surface area contributed by atoms with Gasteiger partial charge in [0, 0.05) is 29.7 Å². The first kappa shape index (κ1) is 34.4. The Balaban J connectivity index is 1.59. The number of esters is 1. The molecule has 238 valence electrons. The minimum absolute atomic E-state index is 0.00967. The van der Waals surface area contributed by atoms with Gasteiger partial charge < -0.3 is 39.1 Å². The summed E-state index contributed by atoms with van der Waals surface area (Å²) in [6.07, 6.45) is -5.99. The normalized spacial score (nSPS) is 14.7. The van der Waals surface area contributed by atoms with Crippen molar-refractivity contribution < 1.29 is 57.0 Å². The van der Waals surface area contributed by atoms with Gasteiger partial charge in [-0.05, 0) is 48.9 Å². The van der Waals surface area contributed by atoms with E-state index in [4.69, 9.17) is 13.9 Å². The first-order chi connectivity index (χ1) is 20.4. The standard InChI is InChI=1S/C30H37F3O9S/c1-3-5-6-8-20-14-25(42-30(31,32)33)29(41-20)27-13-18-10-11-19(15-26(18)43-27)40-17-24(37)23(36)16-22(35)21(34)9-7-12-39-28(38)4-2/h4,10-11,13-15,21-24,34-37H,2-3,5-9,12,16-17H2,1H3. The molecule has 3 aromatic rings. The van der Waals surface area contributed by atoms with Crippen molar-refractivity contribution in [2.45, 2.75) is 82.6 Å². The zero-order chi connectivity index (χ0) is 31.6. The summed E-state index contributed by atoms with van der Waals surface area (Å²) < 4.78 is 60.3. The maximum absolute atomic E-state index is 13.1. The minimum Gasteiger partial charge on any atom is -0.491 e. The highest BCUT2D eigenvalue weighted by Gasteiger charge is 2.34. The van der Waals surface area contributed by atoms with Crippen molar-refractivity contribution in [3.05, 3.63) is 48.7 Å². The van der Waals surface area contributed by atoms with Crippen molar-refractivity contribution in [2.24, 2.45) is 0 Å². The molecule has 0 aliphatic rings. The summed E-state index contributed by atoms with van der Waals surface area (Å²) in [4.78, 5) is 11.5. The molecule has 3 rings (SSSR count). The van der Waals surface area contributed by atoms with E-state index < -0.39 is 42.5 Å². The second kappa shape index (κ2) is 16.1. The molecule has 13 heteroatoms. The Kier molecular flexibility index (Phi) is 12.9. The Hall–Kier alpha value is -3.10. The number of fused-ring (bicyclic) bond motifs is 1. The monoisotopic (exact) mass is 630 g/mol. The van der Waals surface area contributed by atoms with Crippen LogP contribution < -0.4 is 9.47 Å². The zero-order valence-corrected chi connectivity index (χ0v) is 24.5. The average molecular weight is 631 g/mol. The molecule has 9 nitrogen and oxygen atoms in total. The Morgan fingerprint density at radius 1 is 1.05 bits per heavy atom. The van der Waals surface area contributed by atoms with Crippen molar-refractivity contribution in [3.8, 4) is 22.1 Å². The van der Waals surface area contributed by atoms with Crippen LogP contribution in [0.25, 0.3) is 20.7 Å². The lowest BCUT2D eigenvalue weighted by molar-refractivity contribution is -0.274. The number of aliphatic hydroxyl groups excluding tert-OH is 4. The molecule has 2 heterocycles. The molecule has 0 fully saturated rings. The predicted octanol–water partition coefficient (Wildman–Crippen LogP) is 5.51. The third-order valence-electron chi connectivity index (χ3n) is 6.56. The molecule has 4 atom stereocenters. The van der Waals surface area contributed by atoms with Crippen molar-refractivity contribution in [3.63, 3.8) is 0 Å². The van der Waals surface area contributed by atoms with Crippen molar-refractivity contribution in [2.75, 3.05) is 13.2 Å². The van der Waals surface area contributed by atoms with Crippen LogP contribution in [0, 0.1) is 0 Å². The number of hydrogen-bond donors (Lipinski definition) is 4. The molecule has 0 radical (unpaired) electrons. The number of aliphatic hydroxyl groups is 4. The quantitative estimate of drug-likeness (QED) is 0.0814. The summed E-state index contributed by atoms with van der Waals surface area (Å²) in [5.74, 6) is -0.259. The molecule has 4 N–H and O–H groups in total. The van der Waals surface area contributed by atoms with Crippen molar-refractivity contribution in [1.82, 2.24) is 0 Å². The van der Waals surface area contributed by atoms with E-state index in [0.717, 1.165) is 30.7 Å². The second-order valence-electron chi connectivity index (χ2n) is 10.1. The van der Waals surface area contributed by atoms with Crippen LogP contribution in [0.2, 0.25) is 0 Å². The molecule has 4 unspecified atom stereocenters. The molecule has 0 aliphatic heterocycles. The molecule has 43 heavy (non-hydrogen) atoms. The van der Waals surface area contributed by atoms with Crippen molar-refractivity contribution >= 4 is 27.4 Å². The summed E-state index contributed by atoms with van der Waals surface area (Å²) in [5, 5.41) is 41.6.